The topological polar surface area (TPSA) is 81.0 Å². The Morgan fingerprint density at radius 3 is 2.42 bits per heavy atom. The number of hydrogen-bond acceptors (Lipinski definition) is 5. The van der Waals surface area contributed by atoms with Crippen molar-refractivity contribution in [3.63, 3.8) is 0 Å². The predicted molar refractivity (Wildman–Crippen MR) is 130 cm³/mol. The molecule has 2 aromatic carbocycles. The average molecular weight is 488 g/mol. The Morgan fingerprint density at radius 1 is 1.15 bits per heavy atom. The van der Waals surface area contributed by atoms with Gasteiger partial charge in [0.05, 0.1) is 16.7 Å². The monoisotopic (exact) mass is 487 g/mol. The number of piperidine rings is 1. The third-order valence-corrected chi connectivity index (χ3v) is 9.33. The predicted octanol–water partition coefficient (Wildman–Crippen LogP) is 4.20. The Kier molecular flexibility index (Phi) is 6.74. The van der Waals surface area contributed by atoms with E-state index in [9.17, 15) is 13.2 Å². The minimum absolute atomic E-state index is 0.208. The first-order chi connectivity index (χ1) is 15.8. The number of sulfonamides is 1. The maximum Gasteiger partial charge on any atom is 0.279 e. The largest absolute Gasteiger partial charge is 0.495 e. The van der Waals surface area contributed by atoms with Crippen LogP contribution < -0.4 is 9.54 Å². The summed E-state index contributed by atoms with van der Waals surface area (Å²) in [4.78, 5) is 18.1. The van der Waals surface area contributed by atoms with Gasteiger partial charge >= 0.3 is 0 Å². The highest BCUT2D eigenvalue weighted by atomic mass is 32.2. The number of carbonyl (C=O) groups is 1. The number of carbonyl (C=O) groups excluding carboxylic acids is 1. The molecular weight excluding hydrogens is 458 g/mol. The molecule has 4 rings (SSSR count). The van der Waals surface area contributed by atoms with Crippen LogP contribution in [-0.4, -0.2) is 43.4 Å². The molecule has 1 saturated heterocycles. The summed E-state index contributed by atoms with van der Waals surface area (Å²) in [6.07, 6.45) is 1.73. The highest BCUT2D eigenvalue weighted by molar-refractivity contribution is 7.89. The van der Waals surface area contributed by atoms with Gasteiger partial charge in [0.1, 0.15) is 11.3 Å². The minimum Gasteiger partial charge on any atom is -0.495 e. The maximum absolute atomic E-state index is 12.9. The van der Waals surface area contributed by atoms with E-state index in [-0.39, 0.29) is 4.90 Å². The maximum atomic E-state index is 12.9. The molecule has 0 aliphatic carbocycles. The lowest BCUT2D eigenvalue weighted by molar-refractivity contribution is 0.0997. The van der Waals surface area contributed by atoms with Crippen molar-refractivity contribution >= 4 is 37.5 Å². The minimum atomic E-state index is -3.55. The van der Waals surface area contributed by atoms with Crippen LogP contribution in [0.15, 0.2) is 46.3 Å². The van der Waals surface area contributed by atoms with Crippen LogP contribution in [0.2, 0.25) is 0 Å². The van der Waals surface area contributed by atoms with Gasteiger partial charge in [0.15, 0.2) is 4.80 Å². The van der Waals surface area contributed by atoms with E-state index in [0.29, 0.717) is 35.9 Å². The lowest BCUT2D eigenvalue weighted by Crippen LogP contribution is -2.37. The SMILES string of the molecule is CCn1c(=NC(=O)c2ccc(S(=O)(=O)N3CCC(C)CC3)cc2)sc2c(C)ccc(OC)c21. The highest BCUT2D eigenvalue weighted by Crippen LogP contribution is 2.30. The smallest absolute Gasteiger partial charge is 0.279 e. The number of rotatable bonds is 5. The molecule has 0 atom stereocenters. The summed E-state index contributed by atoms with van der Waals surface area (Å²) in [7, 11) is -1.92. The first-order valence-corrected chi connectivity index (χ1v) is 13.4. The summed E-state index contributed by atoms with van der Waals surface area (Å²) >= 11 is 1.45. The summed E-state index contributed by atoms with van der Waals surface area (Å²) in [6.45, 7) is 7.86. The second kappa shape index (κ2) is 9.40. The lowest BCUT2D eigenvalue weighted by atomic mass is 10.0. The second-order valence-corrected chi connectivity index (χ2v) is 11.3. The van der Waals surface area contributed by atoms with Crippen molar-refractivity contribution in [1.29, 1.82) is 0 Å². The quantitative estimate of drug-likeness (QED) is 0.540. The molecule has 1 amide bonds. The Balaban J connectivity index is 1.66. The summed E-state index contributed by atoms with van der Waals surface area (Å²) < 4.78 is 36.0. The first kappa shape index (κ1) is 23.7. The molecular formula is C24H29N3O4S2. The molecule has 1 aliphatic rings. The number of fused-ring (bicyclic) bond motifs is 1. The van der Waals surface area contributed by atoms with Gasteiger partial charge in [-0.25, -0.2) is 8.42 Å². The molecule has 3 aromatic rings. The summed E-state index contributed by atoms with van der Waals surface area (Å²) in [5.74, 6) is 0.877. The van der Waals surface area contributed by atoms with E-state index < -0.39 is 15.9 Å². The molecule has 0 saturated carbocycles. The van der Waals surface area contributed by atoms with Gasteiger partial charge in [0.2, 0.25) is 10.0 Å². The van der Waals surface area contributed by atoms with Gasteiger partial charge in [-0.05, 0) is 68.5 Å². The van der Waals surface area contributed by atoms with Crippen LogP contribution in [0.25, 0.3) is 10.2 Å². The van der Waals surface area contributed by atoms with E-state index in [4.69, 9.17) is 4.74 Å². The van der Waals surface area contributed by atoms with Gasteiger partial charge in [-0.2, -0.15) is 9.30 Å². The Hall–Kier alpha value is -2.49. The molecule has 0 N–H and O–H groups in total. The van der Waals surface area contributed by atoms with Crippen molar-refractivity contribution in [2.45, 2.75) is 45.1 Å². The van der Waals surface area contributed by atoms with Crippen molar-refractivity contribution in [3.8, 4) is 5.75 Å². The molecule has 0 unspecified atom stereocenters. The van der Waals surface area contributed by atoms with E-state index in [2.05, 4.69) is 11.9 Å². The fourth-order valence-electron chi connectivity index (χ4n) is 4.12. The van der Waals surface area contributed by atoms with Gasteiger partial charge in [0, 0.05) is 25.2 Å². The van der Waals surface area contributed by atoms with Crippen LogP contribution in [-0.2, 0) is 16.6 Å². The van der Waals surface area contributed by atoms with Crippen molar-refractivity contribution in [1.82, 2.24) is 8.87 Å². The van der Waals surface area contributed by atoms with Crippen molar-refractivity contribution in [2.75, 3.05) is 20.2 Å². The van der Waals surface area contributed by atoms with Crippen LogP contribution in [0.5, 0.6) is 5.75 Å². The molecule has 7 nitrogen and oxygen atoms in total. The van der Waals surface area contributed by atoms with E-state index in [1.54, 1.807) is 19.2 Å². The van der Waals surface area contributed by atoms with Crippen LogP contribution in [0.1, 0.15) is 42.6 Å². The summed E-state index contributed by atoms with van der Waals surface area (Å²) in [6, 6.07) is 10.0. The number of ether oxygens (including phenoxy) is 1. The van der Waals surface area contributed by atoms with Crippen molar-refractivity contribution in [2.24, 2.45) is 10.9 Å². The molecule has 1 fully saturated rings. The van der Waals surface area contributed by atoms with Crippen LogP contribution >= 0.6 is 11.3 Å². The number of thiazole rings is 1. The molecule has 176 valence electrons. The van der Waals surface area contributed by atoms with E-state index in [1.807, 2.05) is 30.5 Å². The first-order valence-electron chi connectivity index (χ1n) is 11.1. The third kappa shape index (κ3) is 4.49. The van der Waals surface area contributed by atoms with Crippen LogP contribution in [0, 0.1) is 12.8 Å². The Morgan fingerprint density at radius 2 is 1.82 bits per heavy atom. The zero-order chi connectivity index (χ0) is 23.8. The van der Waals surface area contributed by atoms with Gasteiger partial charge in [-0.1, -0.05) is 24.3 Å². The fourth-order valence-corrected chi connectivity index (χ4v) is 6.76. The number of aryl methyl sites for hydroxylation is 2. The zero-order valence-corrected chi connectivity index (χ0v) is 21.0. The van der Waals surface area contributed by atoms with Crippen LogP contribution in [0.4, 0.5) is 0 Å². The van der Waals surface area contributed by atoms with E-state index >= 15 is 0 Å². The van der Waals surface area contributed by atoms with Gasteiger partial charge in [-0.3, -0.25) is 4.79 Å². The van der Waals surface area contributed by atoms with Gasteiger partial charge in [-0.15, -0.1) is 0 Å². The number of nitrogens with zero attached hydrogens (tertiary/aromatic N) is 3. The number of amides is 1. The number of benzene rings is 2. The number of hydrogen-bond donors (Lipinski definition) is 0. The average Bonchev–Trinajstić information content (AvgIpc) is 3.18. The molecule has 2 heterocycles. The van der Waals surface area contributed by atoms with E-state index in [0.717, 1.165) is 34.4 Å². The molecule has 33 heavy (non-hydrogen) atoms. The number of methoxy groups -OCH3 is 1. The third-order valence-electron chi connectivity index (χ3n) is 6.20. The van der Waals surface area contributed by atoms with Crippen molar-refractivity contribution < 1.29 is 17.9 Å². The number of aromatic nitrogens is 1. The highest BCUT2D eigenvalue weighted by Gasteiger charge is 2.28. The Bertz CT molecular complexity index is 1350. The van der Waals surface area contributed by atoms with Crippen molar-refractivity contribution in [3.05, 3.63) is 52.3 Å². The fraction of sp³-hybridized carbons (Fsp3) is 0.417. The molecule has 1 aromatic heterocycles. The van der Waals surface area contributed by atoms with Gasteiger partial charge < -0.3 is 9.30 Å². The second-order valence-electron chi connectivity index (χ2n) is 8.42. The van der Waals surface area contributed by atoms with E-state index in [1.165, 1.54) is 27.8 Å². The molecule has 0 spiro atoms. The summed E-state index contributed by atoms with van der Waals surface area (Å²) in [5, 5.41) is 0. The summed E-state index contributed by atoms with van der Waals surface area (Å²) in [5.41, 5.74) is 2.37. The Labute approximate surface area is 198 Å². The standard InChI is InChI=1S/C24H29N3O4S2/c1-5-27-21-20(31-4)11-6-17(3)22(21)32-24(27)25-23(28)18-7-9-19(10-8-18)33(29,30)26-14-12-16(2)13-15-26/h6-11,16H,5,12-15H2,1-4H3. The van der Waals surface area contributed by atoms with Gasteiger partial charge in [0.25, 0.3) is 5.91 Å². The molecule has 1 aliphatic heterocycles. The lowest BCUT2D eigenvalue weighted by Gasteiger charge is -2.29. The van der Waals surface area contributed by atoms with Crippen LogP contribution in [0.3, 0.4) is 0 Å². The molecule has 0 radical (unpaired) electrons. The zero-order valence-electron chi connectivity index (χ0n) is 19.4. The normalized spacial score (nSPS) is 16.4. The molecule has 9 heteroatoms. The molecule has 0 bridgehead atoms.